The van der Waals surface area contributed by atoms with E-state index in [4.69, 9.17) is 0 Å². The molecule has 2 aromatic carbocycles. The molecule has 0 aromatic heterocycles. The zero-order valence-electron chi connectivity index (χ0n) is 16.6. The molecule has 2 aliphatic rings. The van der Waals surface area contributed by atoms with Crippen LogP contribution in [0.5, 0.6) is 0 Å². The van der Waals surface area contributed by atoms with Crippen molar-refractivity contribution in [2.45, 2.75) is 25.6 Å². The molecule has 7 heteroatoms. The summed E-state index contributed by atoms with van der Waals surface area (Å²) in [5.74, 6) is -0.165. The third kappa shape index (κ3) is 4.04. The van der Waals surface area contributed by atoms with Crippen LogP contribution >= 0.6 is 0 Å². The molecule has 0 spiro atoms. The van der Waals surface area contributed by atoms with Crippen LogP contribution in [0.15, 0.2) is 47.5 Å². The van der Waals surface area contributed by atoms with E-state index >= 15 is 0 Å². The first kappa shape index (κ1) is 19.6. The summed E-state index contributed by atoms with van der Waals surface area (Å²) in [7, 11) is 3.84. The maximum absolute atomic E-state index is 12.8. The Labute approximate surface area is 169 Å². The van der Waals surface area contributed by atoms with Gasteiger partial charge in [0.1, 0.15) is 5.84 Å². The highest BCUT2D eigenvalue weighted by molar-refractivity contribution is 6.02. The highest BCUT2D eigenvalue weighted by Crippen LogP contribution is 2.35. The number of piperidine rings is 1. The van der Waals surface area contributed by atoms with Gasteiger partial charge in [-0.25, -0.2) is 0 Å². The fraction of sp³-hybridized carbons (Fsp3) is 0.409. The fourth-order valence-electron chi connectivity index (χ4n) is 4.23. The van der Waals surface area contributed by atoms with Gasteiger partial charge in [0.25, 0.3) is 0 Å². The number of benzene rings is 2. The lowest BCUT2D eigenvalue weighted by Crippen LogP contribution is -2.38. The molecule has 1 saturated heterocycles. The number of amidine groups is 1. The summed E-state index contributed by atoms with van der Waals surface area (Å²) in [6.07, 6.45) is -3.75. The number of hydrogen-bond donors (Lipinski definition) is 1. The van der Waals surface area contributed by atoms with E-state index in [0.717, 1.165) is 35.0 Å². The van der Waals surface area contributed by atoms with Crippen LogP contribution < -0.4 is 10.2 Å². The van der Waals surface area contributed by atoms with Crippen LogP contribution in [0.4, 0.5) is 30.2 Å². The van der Waals surface area contributed by atoms with E-state index in [0.29, 0.717) is 13.1 Å². The zero-order chi connectivity index (χ0) is 20.6. The van der Waals surface area contributed by atoms with Crippen molar-refractivity contribution < 1.29 is 13.2 Å². The molecule has 1 N–H and O–H groups in total. The number of nitrogens with zero attached hydrogens (tertiary/aromatic N) is 3. The monoisotopic (exact) mass is 402 g/mol. The Balaban J connectivity index is 1.40. The lowest BCUT2D eigenvalue weighted by atomic mass is 9.96. The van der Waals surface area contributed by atoms with Crippen LogP contribution in [0, 0.1) is 5.92 Å². The normalized spacial score (nSPS) is 19.0. The topological polar surface area (TPSA) is 30.9 Å². The van der Waals surface area contributed by atoms with Crippen LogP contribution in [0.1, 0.15) is 24.0 Å². The molecule has 2 aliphatic heterocycles. The van der Waals surface area contributed by atoms with Crippen molar-refractivity contribution in [2.75, 3.05) is 37.4 Å². The van der Waals surface area contributed by atoms with Gasteiger partial charge in [0, 0.05) is 56.4 Å². The molecule has 0 atom stereocenters. The lowest BCUT2D eigenvalue weighted by Gasteiger charge is -2.34. The van der Waals surface area contributed by atoms with Crippen molar-refractivity contribution >= 4 is 22.9 Å². The van der Waals surface area contributed by atoms with Crippen LogP contribution in [0.25, 0.3) is 0 Å². The van der Waals surface area contributed by atoms with E-state index in [1.807, 2.05) is 42.3 Å². The summed E-state index contributed by atoms with van der Waals surface area (Å²) in [4.78, 5) is 8.51. The van der Waals surface area contributed by atoms with Gasteiger partial charge in [-0.3, -0.25) is 4.99 Å². The van der Waals surface area contributed by atoms with Gasteiger partial charge >= 0.3 is 6.18 Å². The van der Waals surface area contributed by atoms with Crippen LogP contribution in [-0.4, -0.2) is 44.1 Å². The molecule has 154 valence electrons. The van der Waals surface area contributed by atoms with E-state index in [2.05, 4.69) is 27.3 Å². The number of anilines is 3. The summed E-state index contributed by atoms with van der Waals surface area (Å²) in [6.45, 7) is 1.72. The first-order chi connectivity index (χ1) is 13.8. The van der Waals surface area contributed by atoms with E-state index in [1.165, 1.54) is 5.56 Å². The summed E-state index contributed by atoms with van der Waals surface area (Å²) in [6, 6.07) is 14.2. The first-order valence-electron chi connectivity index (χ1n) is 9.85. The fourth-order valence-corrected chi connectivity index (χ4v) is 4.23. The van der Waals surface area contributed by atoms with E-state index < -0.39 is 12.1 Å². The minimum absolute atomic E-state index is 0.163. The third-order valence-corrected chi connectivity index (χ3v) is 5.81. The lowest BCUT2D eigenvalue weighted by molar-refractivity contribution is -0.179. The van der Waals surface area contributed by atoms with Gasteiger partial charge in [-0.05, 0) is 60.9 Å². The van der Waals surface area contributed by atoms with Gasteiger partial charge in [-0.15, -0.1) is 0 Å². The summed E-state index contributed by atoms with van der Waals surface area (Å²) in [5, 5.41) is 3.41. The quantitative estimate of drug-likeness (QED) is 0.781. The van der Waals surface area contributed by atoms with Crippen LogP contribution in [0.3, 0.4) is 0 Å². The molecule has 0 aliphatic carbocycles. The molecule has 1 fully saturated rings. The highest BCUT2D eigenvalue weighted by Gasteiger charge is 2.41. The first-order valence-corrected chi connectivity index (χ1v) is 9.85. The molecule has 0 amide bonds. The number of nitrogens with one attached hydrogen (secondary N) is 1. The molecule has 0 unspecified atom stereocenters. The highest BCUT2D eigenvalue weighted by atomic mass is 19.4. The van der Waals surface area contributed by atoms with Crippen LogP contribution in [0.2, 0.25) is 0 Å². The van der Waals surface area contributed by atoms with Gasteiger partial charge in [-0.2, -0.15) is 13.2 Å². The van der Waals surface area contributed by atoms with Crippen molar-refractivity contribution in [3.05, 3.63) is 53.6 Å². The van der Waals surface area contributed by atoms with Crippen molar-refractivity contribution in [1.82, 2.24) is 4.90 Å². The number of aliphatic imine (C=N–C) groups is 1. The Bertz CT molecular complexity index is 897. The van der Waals surface area contributed by atoms with E-state index in [-0.39, 0.29) is 12.8 Å². The predicted octanol–water partition coefficient (Wildman–Crippen LogP) is 5.03. The van der Waals surface area contributed by atoms with E-state index in [9.17, 15) is 13.2 Å². The molecule has 29 heavy (non-hydrogen) atoms. The summed E-state index contributed by atoms with van der Waals surface area (Å²) >= 11 is 0. The molecular formula is C22H25F3N4. The number of halogens is 3. The number of alkyl halides is 3. The van der Waals surface area contributed by atoms with Gasteiger partial charge < -0.3 is 15.1 Å². The largest absolute Gasteiger partial charge is 0.391 e. The Morgan fingerprint density at radius 1 is 1.00 bits per heavy atom. The van der Waals surface area contributed by atoms with Gasteiger partial charge in [-0.1, -0.05) is 0 Å². The summed E-state index contributed by atoms with van der Waals surface area (Å²) < 4.78 is 38.5. The molecule has 2 heterocycles. The Morgan fingerprint density at radius 2 is 1.66 bits per heavy atom. The average Bonchev–Trinajstić information content (AvgIpc) is 3.02. The molecule has 0 radical (unpaired) electrons. The number of rotatable bonds is 3. The number of fused-ring (bicyclic) bond motifs is 1. The van der Waals surface area contributed by atoms with Crippen molar-refractivity contribution in [2.24, 2.45) is 10.9 Å². The van der Waals surface area contributed by atoms with Crippen molar-refractivity contribution in [3.8, 4) is 0 Å². The zero-order valence-corrected chi connectivity index (χ0v) is 16.6. The predicted molar refractivity (Wildman–Crippen MR) is 111 cm³/mol. The smallest absolute Gasteiger partial charge is 0.372 e. The SMILES string of the molecule is CN=C1c2ccc(Nc3ccc(N4CCC(C(F)(F)F)CC4)cc3)cc2CN1C. The standard InChI is InChI=1S/C22H25F3N4/c1-26-21-20-8-5-18(13-15(20)14-28(21)2)27-17-3-6-19(7-4-17)29-11-9-16(10-12-29)22(23,24)25/h3-8,13,16,27H,9-12,14H2,1-2H3. The summed E-state index contributed by atoms with van der Waals surface area (Å²) in [5.41, 5.74) is 5.33. The van der Waals surface area contributed by atoms with Gasteiger partial charge in [0.2, 0.25) is 0 Å². The molecule has 2 aromatic rings. The molecule has 4 nitrogen and oxygen atoms in total. The minimum Gasteiger partial charge on any atom is -0.372 e. The van der Waals surface area contributed by atoms with Gasteiger partial charge in [0.15, 0.2) is 0 Å². The molecular weight excluding hydrogens is 377 g/mol. The van der Waals surface area contributed by atoms with Crippen molar-refractivity contribution in [3.63, 3.8) is 0 Å². The van der Waals surface area contributed by atoms with Crippen molar-refractivity contribution in [1.29, 1.82) is 0 Å². The molecule has 4 rings (SSSR count). The maximum atomic E-state index is 12.8. The molecule has 0 saturated carbocycles. The average molecular weight is 402 g/mol. The third-order valence-electron chi connectivity index (χ3n) is 5.81. The van der Waals surface area contributed by atoms with Crippen LogP contribution in [-0.2, 0) is 6.54 Å². The second-order valence-electron chi connectivity index (χ2n) is 7.75. The van der Waals surface area contributed by atoms with Gasteiger partial charge in [0.05, 0.1) is 5.92 Å². The number of hydrogen-bond acceptors (Lipinski definition) is 3. The molecule has 0 bridgehead atoms. The Morgan fingerprint density at radius 3 is 2.28 bits per heavy atom. The Hall–Kier alpha value is -2.70. The second-order valence-corrected chi connectivity index (χ2v) is 7.75. The maximum Gasteiger partial charge on any atom is 0.391 e. The Kier molecular flexibility index (Phi) is 5.15. The minimum atomic E-state index is -4.08. The van der Waals surface area contributed by atoms with E-state index in [1.54, 1.807) is 7.05 Å². The second kappa shape index (κ2) is 7.61.